The van der Waals surface area contributed by atoms with Crippen LogP contribution in [-0.2, 0) is 0 Å². The summed E-state index contributed by atoms with van der Waals surface area (Å²) in [5.74, 6) is 0.268. The second kappa shape index (κ2) is 5.65. The number of hydrogen-bond donors (Lipinski definition) is 1. The number of nitrogens with one attached hydrogen (secondary N) is 1. The van der Waals surface area contributed by atoms with Crippen molar-refractivity contribution in [2.45, 2.75) is 51.1 Å². The highest BCUT2D eigenvalue weighted by Gasteiger charge is 2.29. The third kappa shape index (κ3) is 2.75. The van der Waals surface area contributed by atoms with Crippen LogP contribution in [0.5, 0.6) is 0 Å². The highest BCUT2D eigenvalue weighted by atomic mass is 15.1. The van der Waals surface area contributed by atoms with Gasteiger partial charge >= 0.3 is 0 Å². The van der Waals surface area contributed by atoms with Gasteiger partial charge in [0, 0.05) is 12.1 Å². The number of nitrogens with zero attached hydrogens (tertiary/aromatic N) is 2. The van der Waals surface area contributed by atoms with Crippen LogP contribution in [0.2, 0.25) is 0 Å². The van der Waals surface area contributed by atoms with Gasteiger partial charge in [0.15, 0.2) is 0 Å². The van der Waals surface area contributed by atoms with Crippen molar-refractivity contribution in [1.82, 2.24) is 10.2 Å². The Hall–Kier alpha value is -0.590. The summed E-state index contributed by atoms with van der Waals surface area (Å²) < 4.78 is 0. The molecule has 0 aromatic carbocycles. The van der Waals surface area contributed by atoms with E-state index in [2.05, 4.69) is 23.2 Å². The molecule has 1 saturated carbocycles. The van der Waals surface area contributed by atoms with Crippen LogP contribution in [0.15, 0.2) is 0 Å². The van der Waals surface area contributed by atoms with Gasteiger partial charge in [-0.1, -0.05) is 13.3 Å². The molecule has 1 N–H and O–H groups in total. The van der Waals surface area contributed by atoms with E-state index in [9.17, 15) is 0 Å². The first-order valence-corrected chi connectivity index (χ1v) is 6.71. The van der Waals surface area contributed by atoms with Crippen molar-refractivity contribution in [2.75, 3.05) is 19.6 Å². The minimum absolute atomic E-state index is 0.268. The second-order valence-electron chi connectivity index (χ2n) is 5.15. The SMILES string of the molecule is CCN1CCC(NC2CCCC2C#N)CC1. The highest BCUT2D eigenvalue weighted by Crippen LogP contribution is 2.26. The lowest BCUT2D eigenvalue weighted by molar-refractivity contribution is 0.195. The van der Waals surface area contributed by atoms with Crippen molar-refractivity contribution in [2.24, 2.45) is 5.92 Å². The Labute approximate surface area is 98.8 Å². The van der Waals surface area contributed by atoms with Gasteiger partial charge in [0.05, 0.1) is 12.0 Å². The van der Waals surface area contributed by atoms with Crippen LogP contribution in [-0.4, -0.2) is 36.6 Å². The van der Waals surface area contributed by atoms with E-state index in [4.69, 9.17) is 5.26 Å². The summed E-state index contributed by atoms with van der Waals surface area (Å²) in [6.07, 6.45) is 6.03. The first kappa shape index (κ1) is 11.9. The van der Waals surface area contributed by atoms with Crippen LogP contribution in [0, 0.1) is 17.2 Å². The molecule has 2 fully saturated rings. The molecule has 0 radical (unpaired) electrons. The molecular weight excluding hydrogens is 198 g/mol. The maximum Gasteiger partial charge on any atom is 0.0672 e. The minimum atomic E-state index is 0.268. The molecule has 0 aromatic rings. The van der Waals surface area contributed by atoms with Crippen LogP contribution >= 0.6 is 0 Å². The number of likely N-dealkylation sites (tertiary alicyclic amines) is 1. The van der Waals surface area contributed by atoms with E-state index >= 15 is 0 Å². The van der Waals surface area contributed by atoms with Crippen molar-refractivity contribution >= 4 is 0 Å². The zero-order valence-corrected chi connectivity index (χ0v) is 10.3. The van der Waals surface area contributed by atoms with Crippen LogP contribution in [0.4, 0.5) is 0 Å². The first-order valence-electron chi connectivity index (χ1n) is 6.71. The van der Waals surface area contributed by atoms with Gasteiger partial charge in [-0.05, 0) is 45.3 Å². The molecule has 0 spiro atoms. The van der Waals surface area contributed by atoms with Crippen molar-refractivity contribution in [1.29, 1.82) is 5.26 Å². The Morgan fingerprint density at radius 3 is 2.62 bits per heavy atom. The molecule has 0 aromatic heterocycles. The summed E-state index contributed by atoms with van der Waals surface area (Å²) >= 11 is 0. The van der Waals surface area contributed by atoms with Crippen molar-refractivity contribution in [3.63, 3.8) is 0 Å². The lowest BCUT2D eigenvalue weighted by atomic mass is 10.00. The third-order valence-corrected chi connectivity index (χ3v) is 4.17. The molecule has 1 heterocycles. The van der Waals surface area contributed by atoms with Crippen molar-refractivity contribution in [3.05, 3.63) is 0 Å². The number of piperidine rings is 1. The summed E-state index contributed by atoms with van der Waals surface area (Å²) in [5, 5.41) is 12.8. The van der Waals surface area contributed by atoms with Crippen LogP contribution in [0.3, 0.4) is 0 Å². The molecule has 1 aliphatic heterocycles. The van der Waals surface area contributed by atoms with Crippen LogP contribution < -0.4 is 5.32 Å². The number of rotatable bonds is 3. The summed E-state index contributed by atoms with van der Waals surface area (Å²) in [7, 11) is 0. The monoisotopic (exact) mass is 221 g/mol. The topological polar surface area (TPSA) is 39.1 Å². The first-order chi connectivity index (χ1) is 7.83. The molecule has 90 valence electrons. The molecule has 3 heteroatoms. The fraction of sp³-hybridized carbons (Fsp3) is 0.923. The molecule has 0 amide bonds. The maximum atomic E-state index is 9.05. The van der Waals surface area contributed by atoms with E-state index in [1.165, 1.54) is 45.3 Å². The zero-order valence-electron chi connectivity index (χ0n) is 10.3. The van der Waals surface area contributed by atoms with Gasteiger partial charge in [-0.25, -0.2) is 0 Å². The molecule has 1 aliphatic carbocycles. The molecule has 1 saturated heterocycles. The average molecular weight is 221 g/mol. The Kier molecular flexibility index (Phi) is 4.20. The quantitative estimate of drug-likeness (QED) is 0.789. The predicted octanol–water partition coefficient (Wildman–Crippen LogP) is 1.75. The molecule has 2 atom stereocenters. The van der Waals surface area contributed by atoms with Gasteiger partial charge in [-0.15, -0.1) is 0 Å². The Morgan fingerprint density at radius 1 is 1.25 bits per heavy atom. The lowest BCUT2D eigenvalue weighted by Crippen LogP contribution is -2.47. The second-order valence-corrected chi connectivity index (χ2v) is 5.15. The zero-order chi connectivity index (χ0) is 11.4. The summed E-state index contributed by atoms with van der Waals surface area (Å²) in [4.78, 5) is 2.51. The van der Waals surface area contributed by atoms with Crippen molar-refractivity contribution in [3.8, 4) is 6.07 Å². The molecular formula is C13H23N3. The fourth-order valence-corrected chi connectivity index (χ4v) is 3.03. The van der Waals surface area contributed by atoms with Crippen LogP contribution in [0.1, 0.15) is 39.0 Å². The van der Waals surface area contributed by atoms with E-state index in [1.807, 2.05) is 0 Å². The van der Waals surface area contributed by atoms with E-state index in [1.54, 1.807) is 0 Å². The van der Waals surface area contributed by atoms with E-state index in [0.717, 1.165) is 6.42 Å². The molecule has 3 nitrogen and oxygen atoms in total. The Balaban J connectivity index is 1.76. The maximum absolute atomic E-state index is 9.05. The van der Waals surface area contributed by atoms with E-state index in [-0.39, 0.29) is 5.92 Å². The summed E-state index contributed by atoms with van der Waals surface area (Å²) in [6, 6.07) is 3.58. The largest absolute Gasteiger partial charge is 0.310 e. The van der Waals surface area contributed by atoms with Crippen molar-refractivity contribution < 1.29 is 0 Å². The number of hydrogen-bond acceptors (Lipinski definition) is 3. The number of nitriles is 1. The molecule has 2 aliphatic rings. The fourth-order valence-electron chi connectivity index (χ4n) is 3.03. The average Bonchev–Trinajstić information content (AvgIpc) is 2.77. The Morgan fingerprint density at radius 2 is 2.00 bits per heavy atom. The van der Waals surface area contributed by atoms with Gasteiger partial charge < -0.3 is 10.2 Å². The Bertz CT molecular complexity index is 250. The van der Waals surface area contributed by atoms with Crippen LogP contribution in [0.25, 0.3) is 0 Å². The molecule has 0 bridgehead atoms. The predicted molar refractivity (Wildman–Crippen MR) is 65.0 cm³/mol. The van der Waals surface area contributed by atoms with Gasteiger partial charge in [-0.2, -0.15) is 5.26 Å². The van der Waals surface area contributed by atoms with Gasteiger partial charge in [0.25, 0.3) is 0 Å². The smallest absolute Gasteiger partial charge is 0.0672 e. The van der Waals surface area contributed by atoms with E-state index < -0.39 is 0 Å². The van der Waals surface area contributed by atoms with Gasteiger partial charge in [0.1, 0.15) is 0 Å². The van der Waals surface area contributed by atoms with Gasteiger partial charge in [-0.3, -0.25) is 0 Å². The standard InChI is InChI=1S/C13H23N3/c1-2-16-8-6-12(7-9-16)15-13-5-3-4-11(13)10-14/h11-13,15H,2-9H2,1H3. The minimum Gasteiger partial charge on any atom is -0.310 e. The normalized spacial score (nSPS) is 32.8. The summed E-state index contributed by atoms with van der Waals surface area (Å²) in [5.41, 5.74) is 0. The van der Waals surface area contributed by atoms with Gasteiger partial charge in [0.2, 0.25) is 0 Å². The highest BCUT2D eigenvalue weighted by molar-refractivity contribution is 4.97. The third-order valence-electron chi connectivity index (χ3n) is 4.17. The molecule has 16 heavy (non-hydrogen) atoms. The lowest BCUT2D eigenvalue weighted by Gasteiger charge is -2.33. The van der Waals surface area contributed by atoms with E-state index in [0.29, 0.717) is 12.1 Å². The summed E-state index contributed by atoms with van der Waals surface area (Å²) in [6.45, 7) is 5.85. The molecule has 2 unspecified atom stereocenters. The molecule has 2 rings (SSSR count).